The summed E-state index contributed by atoms with van der Waals surface area (Å²) in [6.45, 7) is 5.38. The van der Waals surface area contributed by atoms with Crippen LogP contribution in [0.25, 0.3) is 0 Å². The first-order valence-corrected chi connectivity index (χ1v) is 12.4. The van der Waals surface area contributed by atoms with Crippen LogP contribution in [0, 0.1) is 13.8 Å². The summed E-state index contributed by atoms with van der Waals surface area (Å²) >= 11 is 0. The first-order valence-electron chi connectivity index (χ1n) is 11.0. The molecule has 1 amide bonds. The number of benzene rings is 3. The number of ether oxygens (including phenoxy) is 2. The van der Waals surface area contributed by atoms with E-state index in [1.165, 1.54) is 19.2 Å². The van der Waals surface area contributed by atoms with Crippen molar-refractivity contribution < 1.29 is 27.5 Å². The van der Waals surface area contributed by atoms with E-state index in [9.17, 15) is 18.0 Å². The zero-order valence-corrected chi connectivity index (χ0v) is 20.9. The number of aryl methyl sites for hydroxylation is 1. The van der Waals surface area contributed by atoms with E-state index >= 15 is 0 Å². The van der Waals surface area contributed by atoms with E-state index in [4.69, 9.17) is 9.47 Å². The number of carbonyl (C=O) groups excluding carboxylic acids is 2. The molecule has 3 rings (SSSR count). The summed E-state index contributed by atoms with van der Waals surface area (Å²) in [5.41, 5.74) is 2.43. The molecule has 0 aliphatic carbocycles. The lowest BCUT2D eigenvalue weighted by Crippen LogP contribution is -2.38. The fourth-order valence-corrected chi connectivity index (χ4v) is 4.87. The summed E-state index contributed by atoms with van der Waals surface area (Å²) < 4.78 is 38.4. The SMILES string of the molecule is CCOc1ccc(N(CC(=O)Nc2cccc(C(=O)OC)c2C)S(=O)(=O)c2ccc(C)cc2)cc1. The van der Waals surface area contributed by atoms with Gasteiger partial charge in [0.15, 0.2) is 0 Å². The molecule has 0 aliphatic heterocycles. The van der Waals surface area contributed by atoms with E-state index in [0.717, 1.165) is 9.87 Å². The van der Waals surface area contributed by atoms with Gasteiger partial charge in [-0.3, -0.25) is 9.10 Å². The summed E-state index contributed by atoms with van der Waals surface area (Å²) in [4.78, 5) is 25.1. The van der Waals surface area contributed by atoms with Crippen molar-refractivity contribution in [3.05, 3.63) is 83.4 Å². The molecule has 0 atom stereocenters. The molecular formula is C26H28N2O6S. The molecule has 0 spiro atoms. The molecule has 0 radical (unpaired) electrons. The van der Waals surface area contributed by atoms with Crippen molar-refractivity contribution in [1.82, 2.24) is 0 Å². The lowest BCUT2D eigenvalue weighted by molar-refractivity contribution is -0.114. The van der Waals surface area contributed by atoms with Crippen LogP contribution >= 0.6 is 0 Å². The van der Waals surface area contributed by atoms with E-state index in [1.54, 1.807) is 61.5 Å². The fourth-order valence-electron chi connectivity index (χ4n) is 3.45. The van der Waals surface area contributed by atoms with Crippen LogP contribution in [0.2, 0.25) is 0 Å². The summed E-state index contributed by atoms with van der Waals surface area (Å²) in [5, 5.41) is 2.72. The number of hydrogen-bond acceptors (Lipinski definition) is 6. The third-order valence-electron chi connectivity index (χ3n) is 5.35. The molecule has 0 aliphatic rings. The second kappa shape index (κ2) is 11.1. The number of rotatable bonds is 9. The van der Waals surface area contributed by atoms with Crippen molar-refractivity contribution in [2.24, 2.45) is 0 Å². The van der Waals surface area contributed by atoms with Gasteiger partial charge < -0.3 is 14.8 Å². The Morgan fingerprint density at radius 2 is 1.60 bits per heavy atom. The molecule has 1 N–H and O–H groups in total. The molecule has 9 heteroatoms. The highest BCUT2D eigenvalue weighted by molar-refractivity contribution is 7.92. The average molecular weight is 497 g/mol. The van der Waals surface area contributed by atoms with Crippen LogP contribution in [0.5, 0.6) is 5.75 Å². The van der Waals surface area contributed by atoms with Gasteiger partial charge in [0.25, 0.3) is 10.0 Å². The monoisotopic (exact) mass is 496 g/mol. The molecule has 0 aromatic heterocycles. The molecule has 3 aromatic carbocycles. The highest BCUT2D eigenvalue weighted by atomic mass is 32.2. The van der Waals surface area contributed by atoms with E-state index in [2.05, 4.69) is 5.32 Å². The normalized spacial score (nSPS) is 11.0. The Morgan fingerprint density at radius 1 is 0.943 bits per heavy atom. The first-order chi connectivity index (χ1) is 16.7. The minimum Gasteiger partial charge on any atom is -0.494 e. The van der Waals surface area contributed by atoms with E-state index in [-0.39, 0.29) is 4.90 Å². The summed E-state index contributed by atoms with van der Waals surface area (Å²) in [6, 6.07) is 17.7. The minimum absolute atomic E-state index is 0.0636. The van der Waals surface area contributed by atoms with Gasteiger partial charge in [-0.15, -0.1) is 0 Å². The number of nitrogens with zero attached hydrogens (tertiary/aromatic N) is 1. The van der Waals surface area contributed by atoms with Crippen molar-refractivity contribution in [3.63, 3.8) is 0 Å². The predicted octanol–water partition coefficient (Wildman–Crippen LogP) is 4.32. The average Bonchev–Trinajstić information content (AvgIpc) is 2.84. The number of hydrogen-bond donors (Lipinski definition) is 1. The van der Waals surface area contributed by atoms with Crippen molar-refractivity contribution in [2.45, 2.75) is 25.7 Å². The molecule has 0 heterocycles. The molecule has 8 nitrogen and oxygen atoms in total. The van der Waals surface area contributed by atoms with Crippen molar-refractivity contribution >= 4 is 33.3 Å². The standard InChI is InChI=1S/C26H28N2O6S/c1-5-34-21-13-11-20(12-14-21)28(35(31,32)22-15-9-18(2)10-16-22)17-25(29)27-24-8-6-7-23(19(24)3)26(30)33-4/h6-16H,5,17H2,1-4H3,(H,27,29). The number of anilines is 2. The van der Waals surface area contributed by atoms with Crippen LogP contribution in [0.4, 0.5) is 11.4 Å². The molecule has 184 valence electrons. The Hall–Kier alpha value is -3.85. The van der Waals surface area contributed by atoms with Gasteiger partial charge >= 0.3 is 5.97 Å². The van der Waals surface area contributed by atoms with Crippen LogP contribution < -0.4 is 14.4 Å². The van der Waals surface area contributed by atoms with Gasteiger partial charge in [0.1, 0.15) is 12.3 Å². The lowest BCUT2D eigenvalue weighted by Gasteiger charge is -2.24. The smallest absolute Gasteiger partial charge is 0.338 e. The Morgan fingerprint density at radius 3 is 2.20 bits per heavy atom. The maximum Gasteiger partial charge on any atom is 0.338 e. The number of amides is 1. The number of nitrogens with one attached hydrogen (secondary N) is 1. The van der Waals surface area contributed by atoms with E-state index < -0.39 is 28.4 Å². The summed E-state index contributed by atoms with van der Waals surface area (Å²) in [5.74, 6) is -0.514. The van der Waals surface area contributed by atoms with Crippen LogP contribution in [0.3, 0.4) is 0 Å². The van der Waals surface area contributed by atoms with Gasteiger partial charge in [-0.05, 0) is 74.9 Å². The molecule has 0 fully saturated rings. The molecule has 0 saturated carbocycles. The molecule has 0 unspecified atom stereocenters. The van der Waals surface area contributed by atoms with Gasteiger partial charge in [0.05, 0.1) is 29.9 Å². The number of sulfonamides is 1. The summed E-state index contributed by atoms with van der Waals surface area (Å²) in [7, 11) is -2.79. The predicted molar refractivity (Wildman–Crippen MR) is 134 cm³/mol. The third kappa shape index (κ3) is 5.99. The third-order valence-corrected chi connectivity index (χ3v) is 7.13. The quantitative estimate of drug-likeness (QED) is 0.443. The van der Waals surface area contributed by atoms with Gasteiger partial charge in [-0.25, -0.2) is 13.2 Å². The van der Waals surface area contributed by atoms with Crippen LogP contribution in [0.15, 0.2) is 71.6 Å². The highest BCUT2D eigenvalue weighted by Gasteiger charge is 2.27. The Kier molecular flexibility index (Phi) is 8.14. The van der Waals surface area contributed by atoms with Crippen LogP contribution in [-0.2, 0) is 19.6 Å². The largest absolute Gasteiger partial charge is 0.494 e. The fraction of sp³-hybridized carbons (Fsp3) is 0.231. The maximum absolute atomic E-state index is 13.5. The van der Waals surface area contributed by atoms with E-state index in [0.29, 0.717) is 34.9 Å². The molecule has 0 saturated heterocycles. The van der Waals surface area contributed by atoms with Crippen molar-refractivity contribution in [2.75, 3.05) is 29.9 Å². The number of esters is 1. The Balaban J connectivity index is 1.95. The van der Waals surface area contributed by atoms with Gasteiger partial charge in [-0.2, -0.15) is 0 Å². The second-order valence-electron chi connectivity index (χ2n) is 7.77. The summed E-state index contributed by atoms with van der Waals surface area (Å²) in [6.07, 6.45) is 0. The highest BCUT2D eigenvalue weighted by Crippen LogP contribution is 2.27. The molecule has 3 aromatic rings. The van der Waals surface area contributed by atoms with Crippen LogP contribution in [0.1, 0.15) is 28.4 Å². The van der Waals surface area contributed by atoms with Gasteiger partial charge in [-0.1, -0.05) is 23.8 Å². The second-order valence-corrected chi connectivity index (χ2v) is 9.63. The molecule has 0 bridgehead atoms. The topological polar surface area (TPSA) is 102 Å². The number of methoxy groups -OCH3 is 1. The van der Waals surface area contributed by atoms with Crippen molar-refractivity contribution in [1.29, 1.82) is 0 Å². The van der Waals surface area contributed by atoms with Gasteiger partial charge in [0, 0.05) is 5.69 Å². The Bertz CT molecular complexity index is 1300. The van der Waals surface area contributed by atoms with E-state index in [1.807, 2.05) is 13.8 Å². The first kappa shape index (κ1) is 25.8. The maximum atomic E-state index is 13.5. The zero-order valence-electron chi connectivity index (χ0n) is 20.1. The molecule has 35 heavy (non-hydrogen) atoms. The molecular weight excluding hydrogens is 468 g/mol. The Labute approximate surface area is 205 Å². The zero-order chi connectivity index (χ0) is 25.6. The van der Waals surface area contributed by atoms with Crippen molar-refractivity contribution in [3.8, 4) is 5.75 Å². The van der Waals surface area contributed by atoms with Crippen LogP contribution in [-0.4, -0.2) is 40.6 Å². The minimum atomic E-state index is -4.06. The van der Waals surface area contributed by atoms with Gasteiger partial charge in [0.2, 0.25) is 5.91 Å². The lowest BCUT2D eigenvalue weighted by atomic mass is 10.1. The number of carbonyl (C=O) groups is 2.